The molecule has 0 bridgehead atoms. The molecule has 3 rings (SSSR count). The van der Waals surface area contributed by atoms with Gasteiger partial charge in [-0.25, -0.2) is 9.37 Å². The summed E-state index contributed by atoms with van der Waals surface area (Å²) in [5.41, 5.74) is 2.67. The molecule has 5 nitrogen and oxygen atoms in total. The number of anilines is 1. The molecule has 1 fully saturated rings. The second kappa shape index (κ2) is 10.9. The van der Waals surface area contributed by atoms with Crippen LogP contribution in [0.15, 0.2) is 28.6 Å². The zero-order valence-electron chi connectivity index (χ0n) is 16.7. The molecule has 154 valence electrons. The highest BCUT2D eigenvalue weighted by Gasteiger charge is 2.15. The summed E-state index contributed by atoms with van der Waals surface area (Å²) >= 11 is 1.73. The number of aromatic nitrogens is 1. The Balaban J connectivity index is 0.00000280. The van der Waals surface area contributed by atoms with Gasteiger partial charge in [-0.05, 0) is 43.9 Å². The lowest BCUT2D eigenvalue weighted by Gasteiger charge is -2.18. The lowest BCUT2D eigenvalue weighted by molar-refractivity contribution is 0.607. The van der Waals surface area contributed by atoms with Crippen molar-refractivity contribution in [2.75, 3.05) is 31.6 Å². The monoisotopic (exact) mass is 517 g/mol. The van der Waals surface area contributed by atoms with Gasteiger partial charge in [0.05, 0.1) is 11.7 Å². The van der Waals surface area contributed by atoms with Crippen molar-refractivity contribution in [3.63, 3.8) is 0 Å². The number of hydrogen-bond acceptors (Lipinski definition) is 4. The topological polar surface area (TPSA) is 52.6 Å². The third-order valence-electron chi connectivity index (χ3n) is 4.86. The molecule has 0 amide bonds. The first-order valence-electron chi connectivity index (χ1n) is 9.49. The molecular weight excluding hydrogens is 488 g/mol. The molecule has 1 saturated heterocycles. The van der Waals surface area contributed by atoms with Gasteiger partial charge in [0.15, 0.2) is 11.1 Å². The molecular formula is C20H29FIN5S. The highest BCUT2D eigenvalue weighted by Crippen LogP contribution is 2.24. The van der Waals surface area contributed by atoms with Crippen LogP contribution in [0.4, 0.5) is 9.52 Å². The van der Waals surface area contributed by atoms with Crippen LogP contribution in [0, 0.1) is 12.7 Å². The van der Waals surface area contributed by atoms with Crippen molar-refractivity contribution in [1.82, 2.24) is 15.6 Å². The van der Waals surface area contributed by atoms with Crippen LogP contribution in [0.1, 0.15) is 42.6 Å². The molecule has 1 unspecified atom stereocenters. The number of nitrogens with zero attached hydrogens (tertiary/aromatic N) is 3. The van der Waals surface area contributed by atoms with Gasteiger partial charge in [0.25, 0.3) is 0 Å². The smallest absolute Gasteiger partial charge is 0.191 e. The van der Waals surface area contributed by atoms with E-state index in [1.165, 1.54) is 12.8 Å². The summed E-state index contributed by atoms with van der Waals surface area (Å²) < 4.78 is 13.8. The lowest BCUT2D eigenvalue weighted by atomic mass is 10.1. The predicted molar refractivity (Wildman–Crippen MR) is 127 cm³/mol. The van der Waals surface area contributed by atoms with Crippen LogP contribution in [-0.4, -0.2) is 37.6 Å². The van der Waals surface area contributed by atoms with Crippen LogP contribution >= 0.6 is 35.3 Å². The summed E-state index contributed by atoms with van der Waals surface area (Å²) in [5.74, 6) is 0.528. The standard InChI is InChI=1S/C20H28FN5S.HI/c1-14-6-7-16(12-18(14)21)15(2)24-19(22-3)23-9-8-17-13-27-20(25-17)26-10-4-5-11-26;/h6-7,12-13,15H,4-5,8-11H2,1-3H3,(H2,22,23,24);1H. The van der Waals surface area contributed by atoms with E-state index in [1.54, 1.807) is 37.4 Å². The van der Waals surface area contributed by atoms with Gasteiger partial charge in [-0.1, -0.05) is 12.1 Å². The SMILES string of the molecule is CN=C(NCCc1csc(N2CCCC2)n1)NC(C)c1ccc(C)c(F)c1.I. The van der Waals surface area contributed by atoms with Crippen molar-refractivity contribution in [2.24, 2.45) is 4.99 Å². The van der Waals surface area contributed by atoms with Crippen molar-refractivity contribution < 1.29 is 4.39 Å². The van der Waals surface area contributed by atoms with E-state index < -0.39 is 0 Å². The van der Waals surface area contributed by atoms with Gasteiger partial charge in [0.1, 0.15) is 5.82 Å². The molecule has 1 aromatic heterocycles. The van der Waals surface area contributed by atoms with Crippen LogP contribution in [0.2, 0.25) is 0 Å². The molecule has 28 heavy (non-hydrogen) atoms. The van der Waals surface area contributed by atoms with Gasteiger partial charge < -0.3 is 15.5 Å². The molecule has 1 aliphatic heterocycles. The number of guanidine groups is 1. The maximum Gasteiger partial charge on any atom is 0.191 e. The van der Waals surface area contributed by atoms with Gasteiger partial charge >= 0.3 is 0 Å². The fourth-order valence-corrected chi connectivity index (χ4v) is 4.05. The summed E-state index contributed by atoms with van der Waals surface area (Å²) in [7, 11) is 1.74. The van der Waals surface area contributed by atoms with E-state index in [0.29, 0.717) is 11.5 Å². The van der Waals surface area contributed by atoms with Crippen molar-refractivity contribution in [1.29, 1.82) is 0 Å². The number of hydrogen-bond donors (Lipinski definition) is 2. The third-order valence-corrected chi connectivity index (χ3v) is 5.81. The molecule has 2 heterocycles. The minimum Gasteiger partial charge on any atom is -0.356 e. The van der Waals surface area contributed by atoms with Crippen molar-refractivity contribution in [3.8, 4) is 0 Å². The largest absolute Gasteiger partial charge is 0.356 e. The van der Waals surface area contributed by atoms with Gasteiger partial charge in [0, 0.05) is 38.5 Å². The van der Waals surface area contributed by atoms with Crippen molar-refractivity contribution in [3.05, 3.63) is 46.2 Å². The Kier molecular flexibility index (Phi) is 8.94. The van der Waals surface area contributed by atoms with Crippen LogP contribution in [0.25, 0.3) is 0 Å². The van der Waals surface area contributed by atoms with E-state index in [-0.39, 0.29) is 35.8 Å². The zero-order valence-corrected chi connectivity index (χ0v) is 19.8. The third kappa shape index (κ3) is 6.04. The van der Waals surface area contributed by atoms with E-state index in [4.69, 9.17) is 4.98 Å². The molecule has 1 aliphatic rings. The van der Waals surface area contributed by atoms with Crippen molar-refractivity contribution in [2.45, 2.75) is 39.2 Å². The Morgan fingerprint density at radius 1 is 1.36 bits per heavy atom. The average molecular weight is 517 g/mol. The Morgan fingerprint density at radius 2 is 2.11 bits per heavy atom. The number of halogens is 2. The van der Waals surface area contributed by atoms with E-state index in [1.807, 2.05) is 13.0 Å². The minimum atomic E-state index is -0.179. The minimum absolute atomic E-state index is 0. The molecule has 2 N–H and O–H groups in total. The molecule has 2 aromatic rings. The normalized spacial score (nSPS) is 15.3. The second-order valence-electron chi connectivity index (χ2n) is 6.94. The van der Waals surface area contributed by atoms with E-state index in [9.17, 15) is 4.39 Å². The Bertz CT molecular complexity index is 789. The second-order valence-corrected chi connectivity index (χ2v) is 7.78. The first-order valence-corrected chi connectivity index (χ1v) is 10.4. The number of benzene rings is 1. The summed E-state index contributed by atoms with van der Waals surface area (Å²) in [5, 5.41) is 9.91. The Labute approximate surface area is 187 Å². The molecule has 0 aliphatic carbocycles. The molecule has 1 aromatic carbocycles. The number of nitrogens with one attached hydrogen (secondary N) is 2. The van der Waals surface area contributed by atoms with Gasteiger partial charge in [-0.3, -0.25) is 4.99 Å². The summed E-state index contributed by atoms with van der Waals surface area (Å²) in [6, 6.07) is 5.29. The quantitative estimate of drug-likeness (QED) is 0.342. The number of rotatable bonds is 6. The summed E-state index contributed by atoms with van der Waals surface area (Å²) in [4.78, 5) is 11.4. The van der Waals surface area contributed by atoms with Gasteiger partial charge in [-0.15, -0.1) is 35.3 Å². The lowest BCUT2D eigenvalue weighted by Crippen LogP contribution is -2.39. The Morgan fingerprint density at radius 3 is 2.79 bits per heavy atom. The molecule has 0 radical (unpaired) electrons. The van der Waals surface area contributed by atoms with Crippen LogP contribution < -0.4 is 15.5 Å². The zero-order chi connectivity index (χ0) is 19.2. The number of aliphatic imine (C=N–C) groups is 1. The van der Waals surface area contributed by atoms with Crippen LogP contribution in [0.5, 0.6) is 0 Å². The maximum absolute atomic E-state index is 13.8. The van der Waals surface area contributed by atoms with Crippen molar-refractivity contribution >= 4 is 46.4 Å². The molecule has 1 atom stereocenters. The van der Waals surface area contributed by atoms with Crippen LogP contribution in [0.3, 0.4) is 0 Å². The van der Waals surface area contributed by atoms with E-state index in [0.717, 1.165) is 42.4 Å². The van der Waals surface area contributed by atoms with Crippen LogP contribution in [-0.2, 0) is 6.42 Å². The first kappa shape index (κ1) is 22.9. The molecule has 8 heteroatoms. The fourth-order valence-electron chi connectivity index (χ4n) is 3.14. The molecule has 0 saturated carbocycles. The number of thiazole rings is 1. The number of aryl methyl sites for hydroxylation is 1. The van der Waals surface area contributed by atoms with E-state index >= 15 is 0 Å². The maximum atomic E-state index is 13.8. The molecule has 0 spiro atoms. The fraction of sp³-hybridized carbons (Fsp3) is 0.500. The van der Waals surface area contributed by atoms with E-state index in [2.05, 4.69) is 25.9 Å². The predicted octanol–water partition coefficient (Wildman–Crippen LogP) is 4.28. The summed E-state index contributed by atoms with van der Waals surface area (Å²) in [6.07, 6.45) is 3.38. The Hall–Kier alpha value is -1.42. The van der Waals surface area contributed by atoms with Gasteiger partial charge in [-0.2, -0.15) is 0 Å². The first-order chi connectivity index (χ1) is 13.1. The average Bonchev–Trinajstić information content (AvgIpc) is 3.34. The highest BCUT2D eigenvalue weighted by molar-refractivity contribution is 14.0. The highest BCUT2D eigenvalue weighted by atomic mass is 127. The van der Waals surface area contributed by atoms with Gasteiger partial charge in [0.2, 0.25) is 0 Å². The summed E-state index contributed by atoms with van der Waals surface area (Å²) in [6.45, 7) is 6.77.